The summed E-state index contributed by atoms with van der Waals surface area (Å²) >= 11 is 1.75. The van der Waals surface area contributed by atoms with Gasteiger partial charge in [0, 0.05) is 5.92 Å². The molecule has 1 aromatic heterocycles. The van der Waals surface area contributed by atoms with Crippen molar-refractivity contribution in [1.82, 2.24) is 4.98 Å². The molecule has 3 heteroatoms. The molecule has 1 unspecified atom stereocenters. The molecular weight excluding hydrogens is 170 g/mol. The summed E-state index contributed by atoms with van der Waals surface area (Å²) in [4.78, 5) is 5.80. The molecule has 0 N–H and O–H groups in total. The molecule has 0 aromatic carbocycles. The fourth-order valence-electron chi connectivity index (χ4n) is 1.54. The van der Waals surface area contributed by atoms with E-state index in [2.05, 4.69) is 11.9 Å². The summed E-state index contributed by atoms with van der Waals surface area (Å²) in [6.45, 7) is 3.04. The predicted octanol–water partition coefficient (Wildman–Crippen LogP) is 2.27. The number of hydrogen-bond acceptors (Lipinski definition) is 3. The minimum Gasteiger partial charge on any atom is -0.364 e. The summed E-state index contributed by atoms with van der Waals surface area (Å²) in [6.07, 6.45) is 2.65. The van der Waals surface area contributed by atoms with Gasteiger partial charge in [0.2, 0.25) is 0 Å². The van der Waals surface area contributed by atoms with Crippen LogP contribution in [0.3, 0.4) is 0 Å². The summed E-state index contributed by atoms with van der Waals surface area (Å²) in [5, 5.41) is 0. The number of rotatable bonds is 2. The van der Waals surface area contributed by atoms with E-state index in [9.17, 15) is 0 Å². The highest BCUT2D eigenvalue weighted by molar-refractivity contribution is 7.10. The molecule has 1 aliphatic carbocycles. The fraction of sp³-hybridized carbons (Fsp3) is 0.667. The lowest BCUT2D eigenvalue weighted by atomic mass is 10.1. The van der Waals surface area contributed by atoms with Crippen LogP contribution in [0, 0.1) is 0 Å². The van der Waals surface area contributed by atoms with E-state index in [0.717, 1.165) is 12.5 Å². The van der Waals surface area contributed by atoms with Crippen LogP contribution in [0.25, 0.3) is 0 Å². The highest BCUT2D eigenvalue weighted by atomic mass is 32.1. The lowest BCUT2D eigenvalue weighted by molar-refractivity contribution is 0.332. The second-order valence-corrected chi connectivity index (χ2v) is 4.72. The Labute approximate surface area is 75.6 Å². The van der Waals surface area contributed by atoms with Crippen molar-refractivity contribution in [3.05, 3.63) is 16.1 Å². The lowest BCUT2D eigenvalue weighted by Gasteiger charge is -2.03. The molecule has 0 amide bonds. The van der Waals surface area contributed by atoms with Crippen LogP contribution >= 0.6 is 11.3 Å². The summed E-state index contributed by atoms with van der Waals surface area (Å²) in [5.74, 6) is 0.757. The Hall–Kier alpha value is -0.410. The second kappa shape index (κ2) is 2.09. The molecule has 2 fully saturated rings. The monoisotopic (exact) mass is 181 g/mol. The molecule has 2 aliphatic rings. The first kappa shape index (κ1) is 7.04. The third-order valence-corrected chi connectivity index (χ3v) is 3.70. The molecule has 1 aliphatic heterocycles. The molecule has 1 aromatic rings. The van der Waals surface area contributed by atoms with Gasteiger partial charge in [-0.05, 0) is 19.8 Å². The van der Waals surface area contributed by atoms with Gasteiger partial charge in [-0.3, -0.25) is 0 Å². The maximum atomic E-state index is 5.43. The van der Waals surface area contributed by atoms with Gasteiger partial charge in [0.05, 0.1) is 22.7 Å². The molecule has 0 spiro atoms. The van der Waals surface area contributed by atoms with Crippen molar-refractivity contribution in [3.8, 4) is 0 Å². The fourth-order valence-corrected chi connectivity index (χ4v) is 2.52. The Kier molecular flexibility index (Phi) is 1.23. The molecule has 1 saturated carbocycles. The summed E-state index contributed by atoms with van der Waals surface area (Å²) in [6, 6.07) is 0. The number of hydrogen-bond donors (Lipinski definition) is 0. The van der Waals surface area contributed by atoms with Crippen LogP contribution in [-0.2, 0) is 10.3 Å². The van der Waals surface area contributed by atoms with Gasteiger partial charge in [0.15, 0.2) is 0 Å². The number of nitrogens with zero attached hydrogens (tertiary/aromatic N) is 1. The molecule has 1 atom stereocenters. The molecular formula is C9H11NOS. The van der Waals surface area contributed by atoms with Gasteiger partial charge in [0.25, 0.3) is 0 Å². The third-order valence-electron chi connectivity index (χ3n) is 2.62. The van der Waals surface area contributed by atoms with Crippen molar-refractivity contribution in [3.63, 3.8) is 0 Å². The summed E-state index contributed by atoms with van der Waals surface area (Å²) in [5.41, 5.74) is 3.31. The summed E-state index contributed by atoms with van der Waals surface area (Å²) in [7, 11) is 0. The van der Waals surface area contributed by atoms with E-state index < -0.39 is 0 Å². The molecule has 12 heavy (non-hydrogen) atoms. The first-order valence-electron chi connectivity index (χ1n) is 4.37. The average Bonchev–Trinajstić information content (AvgIpc) is 2.97. The molecule has 2 heterocycles. The maximum Gasteiger partial charge on any atom is 0.125 e. The van der Waals surface area contributed by atoms with Crippen molar-refractivity contribution in [2.24, 2.45) is 0 Å². The Bertz CT molecular complexity index is 312. The molecule has 0 bridgehead atoms. The van der Waals surface area contributed by atoms with Gasteiger partial charge in [-0.15, -0.1) is 11.3 Å². The Morgan fingerprint density at radius 1 is 1.67 bits per heavy atom. The highest BCUT2D eigenvalue weighted by Crippen LogP contribution is 2.49. The Morgan fingerprint density at radius 3 is 3.00 bits per heavy atom. The molecule has 3 rings (SSSR count). The smallest absolute Gasteiger partial charge is 0.125 e. The van der Waals surface area contributed by atoms with Gasteiger partial charge >= 0.3 is 0 Å². The van der Waals surface area contributed by atoms with E-state index >= 15 is 0 Å². The van der Waals surface area contributed by atoms with Crippen LogP contribution in [0.2, 0.25) is 0 Å². The van der Waals surface area contributed by atoms with Crippen molar-refractivity contribution < 1.29 is 4.74 Å². The molecule has 2 nitrogen and oxygen atoms in total. The number of thiazole rings is 1. The highest BCUT2D eigenvalue weighted by Gasteiger charge is 2.46. The molecule has 64 valence electrons. The van der Waals surface area contributed by atoms with E-state index in [1.54, 1.807) is 11.3 Å². The van der Waals surface area contributed by atoms with Gasteiger partial charge in [-0.2, -0.15) is 0 Å². The molecule has 0 radical (unpaired) electrons. The zero-order valence-electron chi connectivity index (χ0n) is 7.04. The standard InChI is InChI=1S/C9H11NOS/c1-9(4-11-9)8-7(6-2-3-6)10-5-12-8/h5-6H,2-4H2,1H3. The minimum atomic E-state index is 0.0408. The number of epoxide rings is 1. The van der Waals surface area contributed by atoms with Gasteiger partial charge in [-0.1, -0.05) is 0 Å². The zero-order valence-corrected chi connectivity index (χ0v) is 7.86. The Morgan fingerprint density at radius 2 is 2.42 bits per heavy atom. The van der Waals surface area contributed by atoms with E-state index in [1.807, 2.05) is 5.51 Å². The van der Waals surface area contributed by atoms with Crippen LogP contribution in [0.1, 0.15) is 36.3 Å². The topological polar surface area (TPSA) is 25.4 Å². The van der Waals surface area contributed by atoms with Crippen LogP contribution in [0.4, 0.5) is 0 Å². The lowest BCUT2D eigenvalue weighted by Crippen LogP contribution is -2.02. The average molecular weight is 181 g/mol. The second-order valence-electron chi connectivity index (χ2n) is 3.86. The quantitative estimate of drug-likeness (QED) is 0.654. The number of aromatic nitrogens is 1. The van der Waals surface area contributed by atoms with Crippen molar-refractivity contribution in [1.29, 1.82) is 0 Å². The molecule has 1 saturated heterocycles. The SMILES string of the molecule is CC1(c2scnc2C2CC2)CO1. The van der Waals surface area contributed by atoms with Gasteiger partial charge < -0.3 is 4.74 Å². The van der Waals surface area contributed by atoms with Crippen LogP contribution < -0.4 is 0 Å². The third kappa shape index (κ3) is 0.930. The first-order chi connectivity index (χ1) is 5.80. The Balaban J connectivity index is 2.02. The van der Waals surface area contributed by atoms with Crippen LogP contribution in [-0.4, -0.2) is 11.6 Å². The summed E-state index contributed by atoms with van der Waals surface area (Å²) < 4.78 is 5.43. The van der Waals surface area contributed by atoms with E-state index in [4.69, 9.17) is 4.74 Å². The van der Waals surface area contributed by atoms with Crippen molar-refractivity contribution in [2.45, 2.75) is 31.3 Å². The van der Waals surface area contributed by atoms with Crippen molar-refractivity contribution in [2.75, 3.05) is 6.61 Å². The van der Waals surface area contributed by atoms with E-state index in [1.165, 1.54) is 23.4 Å². The maximum absolute atomic E-state index is 5.43. The van der Waals surface area contributed by atoms with Gasteiger partial charge in [0.1, 0.15) is 5.60 Å². The zero-order chi connectivity index (χ0) is 8.18. The van der Waals surface area contributed by atoms with Gasteiger partial charge in [-0.25, -0.2) is 4.98 Å². The largest absolute Gasteiger partial charge is 0.364 e. The number of ether oxygens (including phenoxy) is 1. The van der Waals surface area contributed by atoms with Crippen LogP contribution in [0.5, 0.6) is 0 Å². The normalized spacial score (nSPS) is 33.8. The van der Waals surface area contributed by atoms with Crippen molar-refractivity contribution >= 4 is 11.3 Å². The first-order valence-corrected chi connectivity index (χ1v) is 5.25. The van der Waals surface area contributed by atoms with Crippen LogP contribution in [0.15, 0.2) is 5.51 Å². The predicted molar refractivity (Wildman–Crippen MR) is 47.4 cm³/mol. The minimum absolute atomic E-state index is 0.0408. The van der Waals surface area contributed by atoms with E-state index in [0.29, 0.717) is 0 Å². The van der Waals surface area contributed by atoms with E-state index in [-0.39, 0.29) is 5.60 Å².